The van der Waals surface area contributed by atoms with Gasteiger partial charge in [-0.3, -0.25) is 9.10 Å². The highest BCUT2D eigenvalue weighted by Crippen LogP contribution is 2.36. The average Bonchev–Trinajstić information content (AvgIpc) is 2.78. The number of sulfonamides is 1. The average molecular weight is 493 g/mol. The van der Waals surface area contributed by atoms with Crippen LogP contribution in [0.5, 0.6) is 11.5 Å². The highest BCUT2D eigenvalue weighted by Gasteiger charge is 2.20. The number of rotatable bonds is 8. The van der Waals surface area contributed by atoms with Crippen LogP contribution in [-0.4, -0.2) is 34.8 Å². The number of carbonyl (C=O) groups is 1. The molecule has 174 valence electrons. The molecule has 0 saturated carbocycles. The lowest BCUT2D eigenvalue weighted by molar-refractivity contribution is 0.102. The van der Waals surface area contributed by atoms with Gasteiger partial charge in [0, 0.05) is 23.3 Å². The zero-order chi connectivity index (χ0) is 24.2. The van der Waals surface area contributed by atoms with E-state index >= 15 is 0 Å². The molecule has 0 atom stereocenters. The summed E-state index contributed by atoms with van der Waals surface area (Å²) in [5.74, 6) is -0.252. The van der Waals surface area contributed by atoms with Gasteiger partial charge in [0.15, 0.2) is 0 Å². The quantitative estimate of drug-likeness (QED) is 0.492. The van der Waals surface area contributed by atoms with Crippen molar-refractivity contribution in [3.63, 3.8) is 0 Å². The van der Waals surface area contributed by atoms with Crippen molar-refractivity contribution in [2.45, 2.75) is 6.54 Å². The van der Waals surface area contributed by atoms with Crippen molar-refractivity contribution < 1.29 is 27.1 Å². The predicted octanol–water partition coefficient (Wildman–Crippen LogP) is 4.71. The van der Waals surface area contributed by atoms with Crippen LogP contribution in [0, 0.1) is 5.82 Å². The van der Waals surface area contributed by atoms with Gasteiger partial charge in [0.25, 0.3) is 5.91 Å². The van der Waals surface area contributed by atoms with Gasteiger partial charge in [-0.25, -0.2) is 12.8 Å². The molecule has 1 N–H and O–H groups in total. The molecule has 0 aliphatic rings. The number of nitrogens with zero attached hydrogens (tertiary/aromatic N) is 1. The van der Waals surface area contributed by atoms with Gasteiger partial charge in [0.05, 0.1) is 43.4 Å². The topological polar surface area (TPSA) is 84.9 Å². The van der Waals surface area contributed by atoms with E-state index in [1.807, 2.05) is 0 Å². The molecular weight excluding hydrogens is 471 g/mol. The smallest absolute Gasteiger partial charge is 0.255 e. The van der Waals surface area contributed by atoms with Crippen LogP contribution in [0.3, 0.4) is 0 Å². The van der Waals surface area contributed by atoms with E-state index in [-0.39, 0.29) is 17.7 Å². The largest absolute Gasteiger partial charge is 0.495 e. The molecule has 3 rings (SSSR count). The first-order valence-corrected chi connectivity index (χ1v) is 11.9. The highest BCUT2D eigenvalue weighted by atomic mass is 35.5. The van der Waals surface area contributed by atoms with Gasteiger partial charge in [-0.2, -0.15) is 0 Å². The Kier molecular flexibility index (Phi) is 7.45. The van der Waals surface area contributed by atoms with E-state index in [9.17, 15) is 17.6 Å². The molecule has 0 unspecified atom stereocenters. The van der Waals surface area contributed by atoms with E-state index in [1.165, 1.54) is 68.8 Å². The fraction of sp³-hybridized carbons (Fsp3) is 0.174. The van der Waals surface area contributed by atoms with Gasteiger partial charge < -0.3 is 14.8 Å². The molecule has 33 heavy (non-hydrogen) atoms. The molecule has 3 aromatic rings. The first-order valence-electron chi connectivity index (χ1n) is 9.68. The maximum absolute atomic E-state index is 14.1. The van der Waals surface area contributed by atoms with Gasteiger partial charge in [-0.05, 0) is 30.3 Å². The van der Waals surface area contributed by atoms with Crippen LogP contribution >= 0.6 is 11.6 Å². The molecule has 0 saturated heterocycles. The summed E-state index contributed by atoms with van der Waals surface area (Å²) in [6, 6.07) is 14.9. The van der Waals surface area contributed by atoms with Crippen LogP contribution in [0.15, 0.2) is 60.7 Å². The zero-order valence-electron chi connectivity index (χ0n) is 18.1. The summed E-state index contributed by atoms with van der Waals surface area (Å²) >= 11 is 6.09. The third-order valence-corrected chi connectivity index (χ3v) is 6.25. The number of hydrogen-bond acceptors (Lipinski definition) is 5. The van der Waals surface area contributed by atoms with Gasteiger partial charge in [0.1, 0.15) is 17.3 Å². The fourth-order valence-corrected chi connectivity index (χ4v) is 4.22. The second kappa shape index (κ2) is 10.1. The minimum atomic E-state index is -3.71. The molecule has 0 fully saturated rings. The third kappa shape index (κ3) is 5.74. The number of amides is 1. The van der Waals surface area contributed by atoms with E-state index < -0.39 is 21.7 Å². The van der Waals surface area contributed by atoms with E-state index in [2.05, 4.69) is 5.32 Å². The summed E-state index contributed by atoms with van der Waals surface area (Å²) in [6.07, 6.45) is 1.04. The normalized spacial score (nSPS) is 11.1. The first kappa shape index (κ1) is 24.3. The van der Waals surface area contributed by atoms with E-state index in [4.69, 9.17) is 21.1 Å². The highest BCUT2D eigenvalue weighted by molar-refractivity contribution is 7.92. The molecule has 0 spiro atoms. The van der Waals surface area contributed by atoms with Crippen molar-refractivity contribution in [3.8, 4) is 11.5 Å². The number of halogens is 2. The van der Waals surface area contributed by atoms with E-state index in [0.717, 1.165) is 10.6 Å². The van der Waals surface area contributed by atoms with Gasteiger partial charge in [-0.1, -0.05) is 29.8 Å². The van der Waals surface area contributed by atoms with Crippen molar-refractivity contribution in [2.24, 2.45) is 0 Å². The molecule has 3 aromatic carbocycles. The van der Waals surface area contributed by atoms with Crippen LogP contribution < -0.4 is 19.1 Å². The Morgan fingerprint density at radius 2 is 1.67 bits per heavy atom. The Hall–Kier alpha value is -3.30. The first-order chi connectivity index (χ1) is 15.6. The van der Waals surface area contributed by atoms with Crippen LogP contribution in [0.25, 0.3) is 0 Å². The maximum atomic E-state index is 14.1. The van der Waals surface area contributed by atoms with Gasteiger partial charge in [-0.15, -0.1) is 0 Å². The molecule has 0 heterocycles. The van der Waals surface area contributed by atoms with Crippen LogP contribution in [0.2, 0.25) is 5.02 Å². The van der Waals surface area contributed by atoms with Crippen molar-refractivity contribution in [2.75, 3.05) is 30.1 Å². The minimum absolute atomic E-state index is 0.182. The van der Waals surface area contributed by atoms with Crippen molar-refractivity contribution in [3.05, 3.63) is 82.6 Å². The number of hydrogen-bond donors (Lipinski definition) is 1. The molecule has 10 heteroatoms. The monoisotopic (exact) mass is 492 g/mol. The second-order valence-corrected chi connectivity index (χ2v) is 9.36. The Morgan fingerprint density at radius 1 is 1.03 bits per heavy atom. The Balaban J connectivity index is 1.85. The lowest BCUT2D eigenvalue weighted by Gasteiger charge is -2.23. The number of methoxy groups -OCH3 is 2. The number of anilines is 2. The summed E-state index contributed by atoms with van der Waals surface area (Å²) in [7, 11) is -0.819. The number of benzene rings is 3. The van der Waals surface area contributed by atoms with Crippen LogP contribution in [0.4, 0.5) is 15.8 Å². The lowest BCUT2D eigenvalue weighted by atomic mass is 10.1. The SMILES string of the molecule is COc1cc(NC(=O)c2ccc(N(Cc3ccccc3F)S(C)(=O)=O)cc2)c(OC)cc1Cl. The molecule has 7 nitrogen and oxygen atoms in total. The van der Waals surface area contributed by atoms with Crippen LogP contribution in [-0.2, 0) is 16.6 Å². The van der Waals surface area contributed by atoms with Crippen molar-refractivity contribution in [1.82, 2.24) is 0 Å². The van der Waals surface area contributed by atoms with Gasteiger partial charge >= 0.3 is 0 Å². The molecule has 0 radical (unpaired) electrons. The predicted molar refractivity (Wildman–Crippen MR) is 126 cm³/mol. The molecule has 0 bridgehead atoms. The maximum Gasteiger partial charge on any atom is 0.255 e. The fourth-order valence-electron chi connectivity index (χ4n) is 3.11. The Morgan fingerprint density at radius 3 is 2.24 bits per heavy atom. The molecular formula is C23H22ClFN2O5S. The minimum Gasteiger partial charge on any atom is -0.495 e. The summed E-state index contributed by atoms with van der Waals surface area (Å²) in [5, 5.41) is 3.05. The van der Waals surface area contributed by atoms with Crippen LogP contribution in [0.1, 0.15) is 15.9 Å². The number of carbonyl (C=O) groups excluding carboxylic acids is 1. The lowest BCUT2D eigenvalue weighted by Crippen LogP contribution is -2.29. The summed E-state index contributed by atoms with van der Waals surface area (Å²) < 4.78 is 50.3. The van der Waals surface area contributed by atoms with E-state index in [0.29, 0.717) is 27.9 Å². The van der Waals surface area contributed by atoms with Crippen molar-refractivity contribution >= 4 is 38.9 Å². The second-order valence-electron chi connectivity index (χ2n) is 7.05. The number of ether oxygens (including phenoxy) is 2. The summed E-state index contributed by atoms with van der Waals surface area (Å²) in [6.45, 7) is -0.182. The summed E-state index contributed by atoms with van der Waals surface area (Å²) in [4.78, 5) is 12.8. The van der Waals surface area contributed by atoms with Gasteiger partial charge in [0.2, 0.25) is 10.0 Å². The Labute approximate surface area is 196 Å². The summed E-state index contributed by atoms with van der Waals surface area (Å²) in [5.41, 5.74) is 1.15. The molecule has 0 aromatic heterocycles. The Bertz CT molecular complexity index is 1270. The number of nitrogens with one attached hydrogen (secondary N) is 1. The van der Waals surface area contributed by atoms with E-state index in [1.54, 1.807) is 6.07 Å². The molecule has 0 aliphatic heterocycles. The molecule has 0 aliphatic carbocycles. The zero-order valence-corrected chi connectivity index (χ0v) is 19.7. The molecule has 1 amide bonds. The third-order valence-electron chi connectivity index (χ3n) is 4.81. The van der Waals surface area contributed by atoms with Crippen molar-refractivity contribution in [1.29, 1.82) is 0 Å². The standard InChI is InChI=1S/C23H22ClFN2O5S/c1-31-21-13-20(22(32-2)12-18(21)24)26-23(28)15-8-10-17(11-9-15)27(33(3,29)30)14-16-6-4-5-7-19(16)25/h4-13H,14H2,1-3H3,(H,26,28).